The second-order valence-corrected chi connectivity index (χ2v) is 11.4. The molecule has 0 unspecified atom stereocenters. The van der Waals surface area contributed by atoms with Crippen LogP contribution in [0.15, 0.2) is 30.3 Å². The van der Waals surface area contributed by atoms with Gasteiger partial charge in [0, 0.05) is 0 Å². The average molecular weight is 417 g/mol. The summed E-state index contributed by atoms with van der Waals surface area (Å²) in [5, 5.41) is 0. The molecule has 0 aliphatic carbocycles. The molecule has 1 aromatic rings. The van der Waals surface area contributed by atoms with Crippen LogP contribution in [0.3, 0.4) is 0 Å². The molecule has 0 aromatic heterocycles. The Morgan fingerprint density at radius 2 is 1.62 bits per heavy atom. The Balaban J connectivity index is 1.58. The van der Waals surface area contributed by atoms with Gasteiger partial charge in [-0.1, -0.05) is 0 Å². The Morgan fingerprint density at radius 3 is 2.24 bits per heavy atom. The van der Waals surface area contributed by atoms with Gasteiger partial charge in [0.15, 0.2) is 0 Å². The van der Waals surface area contributed by atoms with Gasteiger partial charge in [-0.05, 0) is 0 Å². The van der Waals surface area contributed by atoms with E-state index in [-0.39, 0.29) is 0 Å². The molecule has 2 bridgehead atoms. The molecule has 0 amide bonds. The van der Waals surface area contributed by atoms with E-state index in [0.717, 1.165) is 49.1 Å². The summed E-state index contributed by atoms with van der Waals surface area (Å²) in [5.74, 6) is 3.24. The van der Waals surface area contributed by atoms with Gasteiger partial charge in [-0.3, -0.25) is 0 Å². The second-order valence-electron chi connectivity index (χ2n) is 4.95. The summed E-state index contributed by atoms with van der Waals surface area (Å²) >= 11 is -0.468. The van der Waals surface area contributed by atoms with Gasteiger partial charge < -0.3 is 0 Å². The summed E-state index contributed by atoms with van der Waals surface area (Å²) in [6, 6.07) is 10.1. The van der Waals surface area contributed by atoms with E-state index in [1.165, 1.54) is 0 Å². The topological polar surface area (TPSA) is 30.9 Å². The van der Waals surface area contributed by atoms with Gasteiger partial charge in [-0.25, -0.2) is 0 Å². The third kappa shape index (κ3) is 4.55. The molecule has 0 radical (unpaired) electrons. The molecule has 3 fully saturated rings. The van der Waals surface area contributed by atoms with Crippen LogP contribution in [0.4, 0.5) is 0 Å². The van der Waals surface area contributed by atoms with E-state index in [2.05, 4.69) is 14.8 Å². The van der Waals surface area contributed by atoms with E-state index in [4.69, 9.17) is 13.3 Å². The zero-order valence-corrected chi connectivity index (χ0v) is 15.2. The molecule has 6 heteroatoms. The van der Waals surface area contributed by atoms with Crippen molar-refractivity contribution < 1.29 is 13.3 Å². The van der Waals surface area contributed by atoms with Crippen molar-refractivity contribution in [2.24, 2.45) is 0 Å². The van der Waals surface area contributed by atoms with Crippen molar-refractivity contribution >= 4 is 29.7 Å². The summed E-state index contributed by atoms with van der Waals surface area (Å²) in [6.07, 6.45) is 0. The van der Waals surface area contributed by atoms with E-state index in [9.17, 15) is 0 Å². The van der Waals surface area contributed by atoms with Crippen LogP contribution in [0, 0.1) is 9.89 Å². The summed E-state index contributed by atoms with van der Waals surface area (Å²) in [5.41, 5.74) is 1.08. The van der Waals surface area contributed by atoms with Crippen LogP contribution in [0.1, 0.15) is 5.56 Å². The summed E-state index contributed by atoms with van der Waals surface area (Å²) in [6.45, 7) is 5.18. The van der Waals surface area contributed by atoms with Gasteiger partial charge in [0.05, 0.1) is 0 Å². The molecule has 0 spiro atoms. The maximum absolute atomic E-state index is 6.01. The summed E-state index contributed by atoms with van der Waals surface area (Å²) < 4.78 is 22.3. The average Bonchev–Trinajstić information content (AvgIpc) is 2.45. The van der Waals surface area contributed by atoms with Crippen molar-refractivity contribution in [1.29, 1.82) is 0 Å². The fourth-order valence-corrected chi connectivity index (χ4v) is 9.09. The Hall–Kier alpha value is -0.374. The van der Waals surface area contributed by atoms with Crippen molar-refractivity contribution in [3.63, 3.8) is 0 Å². The van der Waals surface area contributed by atoms with E-state index >= 15 is 0 Å². The molecule has 1 aromatic carbocycles. The molecule has 0 N–H and O–H groups in total. The van der Waals surface area contributed by atoms with Crippen LogP contribution in [0.2, 0.25) is 4.09 Å². The molecule has 4 nitrogen and oxygen atoms in total. The molecular weight excluding hydrogens is 398 g/mol. The van der Waals surface area contributed by atoms with Crippen LogP contribution < -0.4 is 0 Å². The second kappa shape index (κ2) is 7.76. The first-order chi connectivity index (χ1) is 10.4. The van der Waals surface area contributed by atoms with Gasteiger partial charge in [0.25, 0.3) is 0 Å². The number of benzene rings is 1. The normalized spacial score (nSPS) is 28.9. The Labute approximate surface area is 137 Å². The van der Waals surface area contributed by atoms with Crippen LogP contribution in [-0.4, -0.2) is 74.1 Å². The molecule has 0 atom stereocenters. The predicted molar refractivity (Wildman–Crippen MR) is 83.9 cm³/mol. The SMILES string of the molecule is C(#Cc1ccccc1)[Te]C[Si]12OCCN(CCO1)CCO2. The summed E-state index contributed by atoms with van der Waals surface area (Å²) in [4.78, 5) is 2.34. The van der Waals surface area contributed by atoms with Crippen molar-refractivity contribution in [1.82, 2.24) is 4.90 Å². The van der Waals surface area contributed by atoms with Gasteiger partial charge in [-0.15, -0.1) is 0 Å². The Morgan fingerprint density at radius 1 is 1.00 bits per heavy atom. The van der Waals surface area contributed by atoms with Crippen molar-refractivity contribution in [2.75, 3.05) is 39.5 Å². The van der Waals surface area contributed by atoms with Gasteiger partial charge >= 0.3 is 137 Å². The van der Waals surface area contributed by atoms with E-state index in [0.29, 0.717) is 0 Å². The van der Waals surface area contributed by atoms with E-state index in [1.54, 1.807) is 0 Å². The number of nitrogens with zero attached hydrogens (tertiary/aromatic N) is 1. The van der Waals surface area contributed by atoms with Gasteiger partial charge in [-0.2, -0.15) is 0 Å². The molecule has 0 saturated carbocycles. The van der Waals surface area contributed by atoms with Gasteiger partial charge in [0.2, 0.25) is 0 Å². The van der Waals surface area contributed by atoms with Crippen molar-refractivity contribution in [2.45, 2.75) is 4.09 Å². The zero-order valence-electron chi connectivity index (χ0n) is 11.9. The van der Waals surface area contributed by atoms with E-state index in [1.807, 2.05) is 30.3 Å². The number of rotatable bonds is 2. The fraction of sp³-hybridized carbons (Fsp3) is 0.467. The predicted octanol–water partition coefficient (Wildman–Crippen LogP) is 0.975. The van der Waals surface area contributed by atoms with Gasteiger partial charge in [0.1, 0.15) is 0 Å². The third-order valence-electron chi connectivity index (χ3n) is 3.48. The summed E-state index contributed by atoms with van der Waals surface area (Å²) in [7, 11) is -2.44. The number of hydrogen-bond acceptors (Lipinski definition) is 4. The Bertz CT molecular complexity index is 490. The number of hydrogen-bond donors (Lipinski definition) is 0. The molecule has 112 valence electrons. The molecule has 4 rings (SSSR count). The standard InChI is InChI=1S/C15H19NO3SiTe/c1-2-4-15(5-3-1)6-13-21-14-20-17-10-7-16(8-11-18-20)9-12-19-20/h1-5H,7-12,14H2. The quantitative estimate of drug-likeness (QED) is 0.531. The zero-order chi connectivity index (χ0) is 14.4. The van der Waals surface area contributed by atoms with Crippen molar-refractivity contribution in [3.8, 4) is 9.89 Å². The van der Waals surface area contributed by atoms with Crippen molar-refractivity contribution in [3.05, 3.63) is 35.9 Å². The van der Waals surface area contributed by atoms with E-state index < -0.39 is 29.7 Å². The first-order valence-electron chi connectivity index (χ1n) is 7.18. The molecular formula is C15H19NO3SiTe. The Kier molecular flexibility index (Phi) is 5.73. The molecule has 21 heavy (non-hydrogen) atoms. The molecule has 3 heterocycles. The molecule has 3 aliphatic heterocycles. The molecule has 3 aliphatic rings. The monoisotopic (exact) mass is 419 g/mol. The number of fused-ring (bicyclic) bond motifs is 6. The van der Waals surface area contributed by atoms with Crippen LogP contribution in [-0.2, 0) is 13.3 Å². The van der Waals surface area contributed by atoms with Crippen LogP contribution in [0.5, 0.6) is 0 Å². The fourth-order valence-electron chi connectivity index (χ4n) is 2.32. The first-order valence-corrected chi connectivity index (χ1v) is 11.9. The van der Waals surface area contributed by atoms with Crippen LogP contribution >= 0.6 is 0 Å². The third-order valence-corrected chi connectivity index (χ3v) is 10.9. The maximum atomic E-state index is 6.01. The minimum atomic E-state index is -2.44. The van der Waals surface area contributed by atoms with Crippen LogP contribution in [0.25, 0.3) is 0 Å². The first kappa shape index (κ1) is 15.5. The molecule has 3 saturated heterocycles. The minimum absolute atomic E-state index is 0.468.